The number of nitrogens with zero attached hydrogens (tertiary/aromatic N) is 1. The maximum absolute atomic E-state index is 2.48. The summed E-state index contributed by atoms with van der Waals surface area (Å²) in [5, 5.41) is 2.57. The maximum Gasteiger partial charge on any atom is 0.0544 e. The highest BCUT2D eigenvalue weighted by molar-refractivity contribution is 6.11. The van der Waals surface area contributed by atoms with Gasteiger partial charge < -0.3 is 4.57 Å². The number of rotatable bonds is 5. The normalized spacial score (nSPS) is 13.6. The largest absolute Gasteiger partial charge is 0.309 e. The second-order valence-electron chi connectivity index (χ2n) is 15.8. The van der Waals surface area contributed by atoms with Crippen molar-refractivity contribution in [2.75, 3.05) is 0 Å². The average molecular weight is 692 g/mol. The van der Waals surface area contributed by atoms with E-state index in [0.717, 1.165) is 0 Å². The Morgan fingerprint density at radius 3 is 1.74 bits per heavy atom. The molecule has 8 aromatic carbocycles. The summed E-state index contributed by atoms with van der Waals surface area (Å²) in [7, 11) is 0. The summed E-state index contributed by atoms with van der Waals surface area (Å²) in [6.45, 7) is 6.82. The molecule has 0 saturated heterocycles. The van der Waals surface area contributed by atoms with Gasteiger partial charge in [0.25, 0.3) is 0 Å². The number of hydrogen-bond acceptors (Lipinski definition) is 0. The molecule has 0 bridgehead atoms. The molecule has 54 heavy (non-hydrogen) atoms. The van der Waals surface area contributed by atoms with E-state index in [-0.39, 0.29) is 11.3 Å². The Balaban J connectivity index is 1.15. The molecule has 0 fully saturated rings. The van der Waals surface area contributed by atoms with Crippen molar-refractivity contribution >= 4 is 21.8 Å². The molecule has 9 aromatic rings. The van der Waals surface area contributed by atoms with E-state index in [9.17, 15) is 0 Å². The molecular weight excluding hydrogens is 651 g/mol. The van der Waals surface area contributed by atoms with Crippen LogP contribution in [-0.4, -0.2) is 4.57 Å². The molecule has 0 saturated carbocycles. The summed E-state index contributed by atoms with van der Waals surface area (Å²) in [5.74, 6) is 0.115. The van der Waals surface area contributed by atoms with Crippen molar-refractivity contribution in [1.82, 2.24) is 4.57 Å². The summed E-state index contributed by atoms with van der Waals surface area (Å²) in [6, 6.07) is 69.8. The van der Waals surface area contributed by atoms with Crippen LogP contribution >= 0.6 is 0 Å². The zero-order valence-corrected chi connectivity index (χ0v) is 30.9. The lowest BCUT2D eigenvalue weighted by molar-refractivity contribution is 0.590. The molecule has 1 aliphatic rings. The highest BCUT2D eigenvalue weighted by Gasteiger charge is 2.31. The predicted molar refractivity (Wildman–Crippen MR) is 229 cm³/mol. The Bertz CT molecular complexity index is 2830. The lowest BCUT2D eigenvalue weighted by Crippen LogP contribution is -2.10. The number of fused-ring (bicyclic) bond motifs is 6. The minimum Gasteiger partial charge on any atom is -0.309 e. The maximum atomic E-state index is 2.48. The van der Waals surface area contributed by atoms with Crippen molar-refractivity contribution in [2.24, 2.45) is 0 Å². The van der Waals surface area contributed by atoms with Gasteiger partial charge in [0.2, 0.25) is 0 Å². The predicted octanol–water partition coefficient (Wildman–Crippen LogP) is 14.2. The average Bonchev–Trinajstić information content (AvgIpc) is 3.72. The molecular formula is C53H41N. The van der Waals surface area contributed by atoms with Gasteiger partial charge in [-0.15, -0.1) is 0 Å². The van der Waals surface area contributed by atoms with Gasteiger partial charge in [0.1, 0.15) is 0 Å². The summed E-state index contributed by atoms with van der Waals surface area (Å²) in [6.07, 6.45) is 0. The van der Waals surface area contributed by atoms with Crippen molar-refractivity contribution in [3.05, 3.63) is 210 Å². The van der Waals surface area contributed by atoms with E-state index in [1.807, 2.05) is 0 Å². The van der Waals surface area contributed by atoms with Crippen LogP contribution in [0.1, 0.15) is 48.9 Å². The van der Waals surface area contributed by atoms with Crippen molar-refractivity contribution in [3.8, 4) is 50.2 Å². The van der Waals surface area contributed by atoms with Gasteiger partial charge in [0.05, 0.1) is 11.0 Å². The SMILES string of the molecule is CC(C)(C)c1ccc(-c2cc(-c3ccccc3)cc(-c3cccc(C4c5ccccc5-c5cc6c7ccccc7n(-c7ccccc7)c6cc54)c3)c2)cc1. The van der Waals surface area contributed by atoms with Crippen molar-refractivity contribution < 1.29 is 0 Å². The molecule has 1 atom stereocenters. The molecule has 258 valence electrons. The van der Waals surface area contributed by atoms with Gasteiger partial charge in [-0.05, 0) is 121 Å². The fourth-order valence-corrected chi connectivity index (χ4v) is 8.70. The number of para-hydroxylation sites is 2. The van der Waals surface area contributed by atoms with E-state index >= 15 is 0 Å². The molecule has 1 heterocycles. The smallest absolute Gasteiger partial charge is 0.0544 e. The van der Waals surface area contributed by atoms with Gasteiger partial charge in [-0.3, -0.25) is 0 Å². The topological polar surface area (TPSA) is 4.93 Å². The number of hydrogen-bond donors (Lipinski definition) is 0. The highest BCUT2D eigenvalue weighted by atomic mass is 15.0. The van der Waals surface area contributed by atoms with E-state index in [1.165, 1.54) is 94.3 Å². The molecule has 1 heteroatoms. The summed E-state index contributed by atoms with van der Waals surface area (Å²) < 4.78 is 2.44. The van der Waals surface area contributed by atoms with Crippen LogP contribution in [-0.2, 0) is 5.41 Å². The monoisotopic (exact) mass is 691 g/mol. The molecule has 0 N–H and O–H groups in total. The van der Waals surface area contributed by atoms with Crippen LogP contribution in [0.4, 0.5) is 0 Å². The zero-order valence-electron chi connectivity index (χ0n) is 30.9. The molecule has 1 unspecified atom stereocenters. The first-order valence-electron chi connectivity index (χ1n) is 19.0. The fourth-order valence-electron chi connectivity index (χ4n) is 8.70. The standard InChI is InChI=1S/C53H41N/c1-53(2,3)42-27-25-36(26-28-42)40-30-39(35-15-6-4-7-16-35)31-41(32-40)37-17-14-18-38(29-37)52-46-23-11-10-21-44(46)47-33-48-45-22-12-13-24-50(45)54(51(48)34-49(47)52)43-19-8-5-9-20-43/h4-34,52H,1-3H3. The van der Waals surface area contributed by atoms with Crippen LogP contribution in [0.5, 0.6) is 0 Å². The first-order chi connectivity index (χ1) is 26.4. The minimum absolute atomic E-state index is 0.109. The van der Waals surface area contributed by atoms with E-state index in [0.29, 0.717) is 0 Å². The summed E-state index contributed by atoms with van der Waals surface area (Å²) >= 11 is 0. The Morgan fingerprint density at radius 2 is 1.00 bits per heavy atom. The third-order valence-corrected chi connectivity index (χ3v) is 11.4. The minimum atomic E-state index is 0.109. The molecule has 1 nitrogen and oxygen atoms in total. The van der Waals surface area contributed by atoms with Gasteiger partial charge in [0, 0.05) is 22.4 Å². The Hall–Kier alpha value is -6.44. The second-order valence-corrected chi connectivity index (χ2v) is 15.8. The lowest BCUT2D eigenvalue weighted by atomic mass is 9.85. The van der Waals surface area contributed by atoms with E-state index < -0.39 is 0 Å². The first kappa shape index (κ1) is 32.2. The highest BCUT2D eigenvalue weighted by Crippen LogP contribution is 2.51. The Morgan fingerprint density at radius 1 is 0.389 bits per heavy atom. The quantitative estimate of drug-likeness (QED) is 0.169. The van der Waals surface area contributed by atoms with Crippen molar-refractivity contribution in [3.63, 3.8) is 0 Å². The van der Waals surface area contributed by atoms with Crippen LogP contribution in [0.25, 0.3) is 72.0 Å². The van der Waals surface area contributed by atoms with Crippen LogP contribution in [0.15, 0.2) is 188 Å². The molecule has 0 amide bonds. The first-order valence-corrected chi connectivity index (χ1v) is 19.0. The lowest BCUT2D eigenvalue weighted by Gasteiger charge is -2.19. The fraction of sp³-hybridized carbons (Fsp3) is 0.0943. The number of benzene rings is 8. The Kier molecular flexibility index (Phi) is 7.52. The van der Waals surface area contributed by atoms with Gasteiger partial charge in [-0.25, -0.2) is 0 Å². The van der Waals surface area contributed by atoms with Gasteiger partial charge in [-0.2, -0.15) is 0 Å². The number of aromatic nitrogens is 1. The van der Waals surface area contributed by atoms with Crippen molar-refractivity contribution in [2.45, 2.75) is 32.1 Å². The van der Waals surface area contributed by atoms with E-state index in [4.69, 9.17) is 0 Å². The Labute approximate surface area is 317 Å². The van der Waals surface area contributed by atoms with Crippen molar-refractivity contribution in [1.29, 1.82) is 0 Å². The van der Waals surface area contributed by atoms with Crippen LogP contribution in [0, 0.1) is 0 Å². The van der Waals surface area contributed by atoms with Gasteiger partial charge in [0.15, 0.2) is 0 Å². The van der Waals surface area contributed by atoms with E-state index in [2.05, 4.69) is 213 Å². The molecule has 1 aliphatic carbocycles. The third kappa shape index (κ3) is 5.39. The molecule has 0 spiro atoms. The van der Waals surface area contributed by atoms with Crippen LogP contribution in [0.2, 0.25) is 0 Å². The third-order valence-electron chi connectivity index (χ3n) is 11.4. The second kappa shape index (κ2) is 12.6. The summed E-state index contributed by atoms with van der Waals surface area (Å²) in [5.41, 5.74) is 19.1. The summed E-state index contributed by atoms with van der Waals surface area (Å²) in [4.78, 5) is 0. The van der Waals surface area contributed by atoms with Gasteiger partial charge in [-0.1, -0.05) is 160 Å². The molecule has 0 radical (unpaired) electrons. The van der Waals surface area contributed by atoms with E-state index in [1.54, 1.807) is 0 Å². The molecule has 1 aromatic heterocycles. The molecule has 10 rings (SSSR count). The zero-order chi connectivity index (χ0) is 36.4. The van der Waals surface area contributed by atoms with Gasteiger partial charge >= 0.3 is 0 Å². The van der Waals surface area contributed by atoms with Crippen LogP contribution < -0.4 is 0 Å². The van der Waals surface area contributed by atoms with Crippen LogP contribution in [0.3, 0.4) is 0 Å². The molecule has 0 aliphatic heterocycles.